The summed E-state index contributed by atoms with van der Waals surface area (Å²) >= 11 is 0. The first kappa shape index (κ1) is 12.2. The van der Waals surface area contributed by atoms with Gasteiger partial charge >= 0.3 is 0 Å². The summed E-state index contributed by atoms with van der Waals surface area (Å²) in [5, 5.41) is 13.4. The van der Waals surface area contributed by atoms with E-state index >= 15 is 0 Å². The SMILES string of the molecule is C=CCC(C)Nc1ccc(C(=O)NC)nn1. The van der Waals surface area contributed by atoms with Crippen LogP contribution in [0.25, 0.3) is 0 Å². The van der Waals surface area contributed by atoms with Gasteiger partial charge in [0.05, 0.1) is 0 Å². The Bertz CT molecular complexity index is 361. The van der Waals surface area contributed by atoms with Crippen molar-refractivity contribution in [3.05, 3.63) is 30.5 Å². The van der Waals surface area contributed by atoms with Crippen LogP contribution in [0.1, 0.15) is 23.8 Å². The standard InChI is InChI=1S/C11H16N4O/c1-4-5-8(2)13-10-7-6-9(14-15-10)11(16)12-3/h4,6-8H,1,5H2,2-3H3,(H,12,16)(H,13,15). The maximum absolute atomic E-state index is 11.2. The van der Waals surface area contributed by atoms with E-state index in [4.69, 9.17) is 0 Å². The molecule has 0 radical (unpaired) electrons. The zero-order valence-corrected chi connectivity index (χ0v) is 9.53. The average Bonchev–Trinajstić information content (AvgIpc) is 2.29. The predicted molar refractivity (Wildman–Crippen MR) is 63.3 cm³/mol. The van der Waals surface area contributed by atoms with Crippen molar-refractivity contribution in [3.63, 3.8) is 0 Å². The molecule has 0 aliphatic rings. The van der Waals surface area contributed by atoms with E-state index in [0.717, 1.165) is 6.42 Å². The molecule has 0 fully saturated rings. The van der Waals surface area contributed by atoms with Gasteiger partial charge in [0.25, 0.3) is 5.91 Å². The average molecular weight is 220 g/mol. The molecule has 1 heterocycles. The summed E-state index contributed by atoms with van der Waals surface area (Å²) in [6, 6.07) is 3.61. The molecule has 0 saturated heterocycles. The molecule has 1 rings (SSSR count). The molecule has 0 spiro atoms. The number of amides is 1. The normalized spacial score (nSPS) is 11.6. The van der Waals surface area contributed by atoms with E-state index in [2.05, 4.69) is 27.4 Å². The molecule has 2 N–H and O–H groups in total. The summed E-state index contributed by atoms with van der Waals surface area (Å²) < 4.78 is 0. The van der Waals surface area contributed by atoms with Gasteiger partial charge in [-0.1, -0.05) is 6.08 Å². The molecule has 0 aromatic carbocycles. The van der Waals surface area contributed by atoms with Crippen molar-refractivity contribution in [1.82, 2.24) is 15.5 Å². The van der Waals surface area contributed by atoms with Gasteiger partial charge < -0.3 is 10.6 Å². The molecule has 1 amide bonds. The molecular formula is C11H16N4O. The Hall–Kier alpha value is -1.91. The third kappa shape index (κ3) is 3.34. The molecular weight excluding hydrogens is 204 g/mol. The third-order valence-corrected chi connectivity index (χ3v) is 2.04. The summed E-state index contributed by atoms with van der Waals surface area (Å²) in [5.41, 5.74) is 0.310. The largest absolute Gasteiger partial charge is 0.366 e. The van der Waals surface area contributed by atoms with Gasteiger partial charge in [0, 0.05) is 13.1 Å². The Morgan fingerprint density at radius 3 is 2.81 bits per heavy atom. The van der Waals surface area contributed by atoms with Crippen molar-refractivity contribution in [2.75, 3.05) is 12.4 Å². The molecule has 5 nitrogen and oxygen atoms in total. The van der Waals surface area contributed by atoms with Crippen LogP contribution in [0.2, 0.25) is 0 Å². The summed E-state index contributed by atoms with van der Waals surface area (Å²) in [6.07, 6.45) is 2.68. The van der Waals surface area contributed by atoms with Crippen molar-refractivity contribution in [2.24, 2.45) is 0 Å². The lowest BCUT2D eigenvalue weighted by molar-refractivity contribution is 0.0957. The highest BCUT2D eigenvalue weighted by molar-refractivity contribution is 5.91. The maximum atomic E-state index is 11.2. The van der Waals surface area contributed by atoms with Crippen LogP contribution >= 0.6 is 0 Å². The van der Waals surface area contributed by atoms with E-state index in [9.17, 15) is 4.79 Å². The molecule has 1 aromatic heterocycles. The van der Waals surface area contributed by atoms with E-state index in [1.807, 2.05) is 13.0 Å². The number of anilines is 1. The van der Waals surface area contributed by atoms with Gasteiger partial charge in [-0.25, -0.2) is 0 Å². The number of carbonyl (C=O) groups excluding carboxylic acids is 1. The summed E-state index contributed by atoms with van der Waals surface area (Å²) in [4.78, 5) is 11.2. The molecule has 1 aromatic rings. The van der Waals surface area contributed by atoms with Crippen LogP contribution in [0, 0.1) is 0 Å². The number of aromatic nitrogens is 2. The number of nitrogens with one attached hydrogen (secondary N) is 2. The number of rotatable bonds is 5. The first-order chi connectivity index (χ1) is 7.67. The zero-order valence-electron chi connectivity index (χ0n) is 9.53. The fourth-order valence-corrected chi connectivity index (χ4v) is 1.22. The summed E-state index contributed by atoms with van der Waals surface area (Å²) in [5.74, 6) is 0.417. The second kappa shape index (κ2) is 5.85. The number of carbonyl (C=O) groups is 1. The smallest absolute Gasteiger partial charge is 0.271 e. The second-order valence-electron chi connectivity index (χ2n) is 3.45. The van der Waals surface area contributed by atoms with Crippen molar-refractivity contribution in [2.45, 2.75) is 19.4 Å². The number of hydrogen-bond donors (Lipinski definition) is 2. The molecule has 0 aliphatic carbocycles. The van der Waals surface area contributed by atoms with Crippen molar-refractivity contribution < 1.29 is 4.79 Å². The van der Waals surface area contributed by atoms with Gasteiger partial charge in [0.2, 0.25) is 0 Å². The Kier molecular flexibility index (Phi) is 4.44. The Morgan fingerprint density at radius 1 is 1.56 bits per heavy atom. The fraction of sp³-hybridized carbons (Fsp3) is 0.364. The van der Waals surface area contributed by atoms with Crippen LogP contribution in [0.15, 0.2) is 24.8 Å². The van der Waals surface area contributed by atoms with Crippen molar-refractivity contribution in [1.29, 1.82) is 0 Å². The monoisotopic (exact) mass is 220 g/mol. The highest BCUT2D eigenvalue weighted by atomic mass is 16.1. The van der Waals surface area contributed by atoms with Crippen molar-refractivity contribution in [3.8, 4) is 0 Å². The number of hydrogen-bond acceptors (Lipinski definition) is 4. The predicted octanol–water partition coefficient (Wildman–Crippen LogP) is 1.21. The fourth-order valence-electron chi connectivity index (χ4n) is 1.22. The zero-order chi connectivity index (χ0) is 12.0. The first-order valence-corrected chi connectivity index (χ1v) is 5.10. The maximum Gasteiger partial charge on any atom is 0.271 e. The minimum Gasteiger partial charge on any atom is -0.366 e. The Labute approximate surface area is 95.0 Å². The van der Waals surface area contributed by atoms with Gasteiger partial charge in [-0.2, -0.15) is 0 Å². The Morgan fingerprint density at radius 2 is 2.31 bits per heavy atom. The van der Waals surface area contributed by atoms with Crippen LogP contribution < -0.4 is 10.6 Å². The molecule has 86 valence electrons. The molecule has 0 aliphatic heterocycles. The van der Waals surface area contributed by atoms with E-state index in [1.165, 1.54) is 0 Å². The minimum absolute atomic E-state index is 0.238. The Balaban J connectivity index is 2.64. The van der Waals surface area contributed by atoms with Gasteiger partial charge in [-0.15, -0.1) is 16.8 Å². The van der Waals surface area contributed by atoms with Gasteiger partial charge in [-0.05, 0) is 25.5 Å². The molecule has 1 unspecified atom stereocenters. The third-order valence-electron chi connectivity index (χ3n) is 2.04. The topological polar surface area (TPSA) is 66.9 Å². The second-order valence-corrected chi connectivity index (χ2v) is 3.45. The van der Waals surface area contributed by atoms with E-state index < -0.39 is 0 Å². The van der Waals surface area contributed by atoms with Gasteiger partial charge in [-0.3, -0.25) is 4.79 Å². The lowest BCUT2D eigenvalue weighted by atomic mass is 10.2. The minimum atomic E-state index is -0.238. The highest BCUT2D eigenvalue weighted by Crippen LogP contribution is 2.05. The molecule has 0 bridgehead atoms. The number of nitrogens with zero attached hydrogens (tertiary/aromatic N) is 2. The molecule has 0 saturated carbocycles. The van der Waals surface area contributed by atoms with Gasteiger partial charge in [0.15, 0.2) is 5.69 Å². The van der Waals surface area contributed by atoms with E-state index in [0.29, 0.717) is 11.5 Å². The summed E-state index contributed by atoms with van der Waals surface area (Å²) in [6.45, 7) is 5.69. The van der Waals surface area contributed by atoms with E-state index in [1.54, 1.807) is 19.2 Å². The van der Waals surface area contributed by atoms with Crippen LogP contribution in [0.4, 0.5) is 5.82 Å². The highest BCUT2D eigenvalue weighted by Gasteiger charge is 2.06. The van der Waals surface area contributed by atoms with Gasteiger partial charge in [0.1, 0.15) is 5.82 Å². The molecule has 1 atom stereocenters. The van der Waals surface area contributed by atoms with Crippen molar-refractivity contribution >= 4 is 11.7 Å². The first-order valence-electron chi connectivity index (χ1n) is 5.10. The van der Waals surface area contributed by atoms with Crippen LogP contribution in [-0.4, -0.2) is 29.2 Å². The van der Waals surface area contributed by atoms with Crippen LogP contribution in [0.5, 0.6) is 0 Å². The summed E-state index contributed by atoms with van der Waals surface area (Å²) in [7, 11) is 1.56. The molecule has 5 heteroatoms. The lowest BCUT2D eigenvalue weighted by Gasteiger charge is -2.11. The lowest BCUT2D eigenvalue weighted by Crippen LogP contribution is -2.20. The van der Waals surface area contributed by atoms with Crippen LogP contribution in [-0.2, 0) is 0 Å². The van der Waals surface area contributed by atoms with E-state index in [-0.39, 0.29) is 11.9 Å². The molecule has 16 heavy (non-hydrogen) atoms. The quantitative estimate of drug-likeness (QED) is 0.732. The van der Waals surface area contributed by atoms with Crippen LogP contribution in [0.3, 0.4) is 0 Å².